The highest BCUT2D eigenvalue weighted by molar-refractivity contribution is 7.89. The fraction of sp³-hybridized carbons (Fsp3) is 0.273. The summed E-state index contributed by atoms with van der Waals surface area (Å²) < 4.78 is 23.0. The lowest BCUT2D eigenvalue weighted by atomic mass is 9.94. The van der Waals surface area contributed by atoms with Gasteiger partial charge in [-0.2, -0.15) is 5.10 Å². The van der Waals surface area contributed by atoms with Crippen molar-refractivity contribution in [2.24, 2.45) is 10.9 Å². The number of rotatable bonds is 6. The van der Waals surface area contributed by atoms with Crippen LogP contribution in [0.2, 0.25) is 10.0 Å². The van der Waals surface area contributed by atoms with Crippen LogP contribution in [0.15, 0.2) is 47.4 Å². The molecule has 0 aliphatic carbocycles. The number of fused-ring (bicyclic) bond motifs is 1. The molecule has 1 aliphatic heterocycles. The number of benzene rings is 2. The van der Waals surface area contributed by atoms with E-state index in [1.807, 2.05) is 0 Å². The Kier molecular flexibility index (Phi) is 7.50. The van der Waals surface area contributed by atoms with E-state index < -0.39 is 15.9 Å². The van der Waals surface area contributed by atoms with Gasteiger partial charge < -0.3 is 10.6 Å². The van der Waals surface area contributed by atoms with Crippen molar-refractivity contribution in [1.82, 2.24) is 15.1 Å². The number of hydrogen-bond acceptors (Lipinski definition) is 5. The fourth-order valence-corrected chi connectivity index (χ4v) is 4.88. The standard InChI is InChI=1S/C21H21Cl2N5O3S.CH4/c22-17-3-1-2-14(19(17)23)15(8-9-24)21(29)28-10-16-18(11-28)26-27-20(16)12-4-6-13(7-5-12)32(25,30)31;/h1-7,15H,8-11,24H2,(H,26,27)(H2,25,30,31);1H4. The summed E-state index contributed by atoms with van der Waals surface area (Å²) >= 11 is 12.5. The number of primary sulfonamides is 1. The molecule has 0 radical (unpaired) electrons. The van der Waals surface area contributed by atoms with Gasteiger partial charge in [-0.05, 0) is 36.7 Å². The molecule has 8 nitrogen and oxygen atoms in total. The second-order valence-electron chi connectivity index (χ2n) is 7.57. The van der Waals surface area contributed by atoms with Crippen LogP contribution in [0.3, 0.4) is 0 Å². The third kappa shape index (κ3) is 4.92. The second-order valence-corrected chi connectivity index (χ2v) is 9.91. The molecule has 0 bridgehead atoms. The van der Waals surface area contributed by atoms with Crippen LogP contribution in [0.1, 0.15) is 36.6 Å². The van der Waals surface area contributed by atoms with Gasteiger partial charge in [0.25, 0.3) is 0 Å². The number of aromatic nitrogens is 2. The molecule has 1 unspecified atom stereocenters. The molecule has 11 heteroatoms. The lowest BCUT2D eigenvalue weighted by Crippen LogP contribution is -2.32. The normalized spacial score (nSPS) is 14.0. The first kappa shape index (κ1) is 25.2. The average molecular weight is 510 g/mol. The number of hydrogen-bond donors (Lipinski definition) is 3. The van der Waals surface area contributed by atoms with Crippen LogP contribution in [-0.2, 0) is 27.9 Å². The maximum absolute atomic E-state index is 13.4. The molecule has 1 atom stereocenters. The van der Waals surface area contributed by atoms with Gasteiger partial charge in [0.2, 0.25) is 15.9 Å². The van der Waals surface area contributed by atoms with Gasteiger partial charge >= 0.3 is 0 Å². The molecule has 5 N–H and O–H groups in total. The third-order valence-electron chi connectivity index (χ3n) is 5.53. The Morgan fingerprint density at radius 3 is 2.48 bits per heavy atom. The molecule has 3 aromatic rings. The number of sulfonamides is 1. The molecular weight excluding hydrogens is 485 g/mol. The first-order chi connectivity index (χ1) is 15.2. The molecular formula is C22H25Cl2N5O3S. The number of halogens is 2. The van der Waals surface area contributed by atoms with E-state index in [9.17, 15) is 13.2 Å². The Morgan fingerprint density at radius 1 is 1.15 bits per heavy atom. The fourth-order valence-electron chi connectivity index (χ4n) is 3.93. The van der Waals surface area contributed by atoms with Gasteiger partial charge in [0, 0.05) is 11.1 Å². The number of nitrogens with two attached hydrogens (primary N) is 2. The summed E-state index contributed by atoms with van der Waals surface area (Å²) in [6.07, 6.45) is 0.434. The summed E-state index contributed by atoms with van der Waals surface area (Å²) in [6.45, 7) is 1.05. The van der Waals surface area contributed by atoms with Crippen molar-refractivity contribution in [3.63, 3.8) is 0 Å². The predicted molar refractivity (Wildman–Crippen MR) is 129 cm³/mol. The van der Waals surface area contributed by atoms with E-state index in [1.165, 1.54) is 12.1 Å². The summed E-state index contributed by atoms with van der Waals surface area (Å²) in [6, 6.07) is 11.4. The van der Waals surface area contributed by atoms with Crippen LogP contribution in [0, 0.1) is 0 Å². The van der Waals surface area contributed by atoms with Crippen LogP contribution >= 0.6 is 23.2 Å². The number of aromatic amines is 1. The van der Waals surface area contributed by atoms with Crippen molar-refractivity contribution in [2.75, 3.05) is 6.54 Å². The Labute approximate surface area is 202 Å². The molecule has 1 aromatic heterocycles. The van der Waals surface area contributed by atoms with Crippen LogP contribution in [-0.4, -0.2) is 36.0 Å². The van der Waals surface area contributed by atoms with Gasteiger partial charge in [0.1, 0.15) is 0 Å². The number of nitrogens with zero attached hydrogens (tertiary/aromatic N) is 2. The monoisotopic (exact) mass is 509 g/mol. The minimum absolute atomic E-state index is 0. The van der Waals surface area contributed by atoms with Gasteiger partial charge in [-0.15, -0.1) is 0 Å². The molecule has 0 spiro atoms. The molecule has 176 valence electrons. The summed E-state index contributed by atoms with van der Waals surface area (Å²) in [5.41, 5.74) is 9.53. The van der Waals surface area contributed by atoms with Crippen molar-refractivity contribution < 1.29 is 13.2 Å². The zero-order chi connectivity index (χ0) is 23.0. The molecule has 0 fully saturated rings. The minimum atomic E-state index is -3.78. The molecule has 0 saturated carbocycles. The smallest absolute Gasteiger partial charge is 0.238 e. The first-order valence-electron chi connectivity index (χ1n) is 9.82. The van der Waals surface area contributed by atoms with Gasteiger partial charge in [-0.1, -0.05) is 54.9 Å². The zero-order valence-electron chi connectivity index (χ0n) is 16.9. The number of carbonyl (C=O) groups is 1. The van der Waals surface area contributed by atoms with E-state index in [2.05, 4.69) is 10.2 Å². The SMILES string of the molecule is C.NCCC(C(=O)N1Cc2[nH]nc(-c3ccc(S(N)(=O)=O)cc3)c2C1)c1cccc(Cl)c1Cl. The van der Waals surface area contributed by atoms with Crippen LogP contribution in [0.25, 0.3) is 11.3 Å². The van der Waals surface area contributed by atoms with Crippen molar-refractivity contribution in [2.45, 2.75) is 37.8 Å². The maximum Gasteiger partial charge on any atom is 0.238 e. The summed E-state index contributed by atoms with van der Waals surface area (Å²) in [7, 11) is -3.78. The number of H-pyrrole nitrogens is 1. The Morgan fingerprint density at radius 2 is 1.85 bits per heavy atom. The van der Waals surface area contributed by atoms with Gasteiger partial charge in [0.15, 0.2) is 0 Å². The predicted octanol–water partition coefficient (Wildman–Crippen LogP) is 3.64. The molecule has 1 aliphatic rings. The van der Waals surface area contributed by atoms with Gasteiger partial charge in [-0.3, -0.25) is 9.89 Å². The van der Waals surface area contributed by atoms with Crippen LogP contribution in [0.4, 0.5) is 0 Å². The van der Waals surface area contributed by atoms with Crippen molar-refractivity contribution in [1.29, 1.82) is 0 Å². The van der Waals surface area contributed by atoms with Gasteiger partial charge in [-0.25, -0.2) is 13.6 Å². The quantitative estimate of drug-likeness (QED) is 0.465. The largest absolute Gasteiger partial charge is 0.332 e. The molecule has 0 saturated heterocycles. The van der Waals surface area contributed by atoms with E-state index >= 15 is 0 Å². The lowest BCUT2D eigenvalue weighted by molar-refractivity contribution is -0.133. The van der Waals surface area contributed by atoms with Crippen LogP contribution in [0.5, 0.6) is 0 Å². The highest BCUT2D eigenvalue weighted by Gasteiger charge is 2.33. The van der Waals surface area contributed by atoms with Crippen LogP contribution < -0.4 is 10.9 Å². The number of carbonyl (C=O) groups excluding carboxylic acids is 1. The van der Waals surface area contributed by atoms with Crippen molar-refractivity contribution >= 4 is 39.1 Å². The van der Waals surface area contributed by atoms with E-state index in [-0.39, 0.29) is 18.2 Å². The molecule has 2 heterocycles. The molecule has 1 amide bonds. The van der Waals surface area contributed by atoms with E-state index in [1.54, 1.807) is 35.2 Å². The summed E-state index contributed by atoms with van der Waals surface area (Å²) in [5, 5.41) is 13.3. The minimum Gasteiger partial charge on any atom is -0.332 e. The average Bonchev–Trinajstić information content (AvgIpc) is 3.34. The topological polar surface area (TPSA) is 135 Å². The lowest BCUT2D eigenvalue weighted by Gasteiger charge is -2.24. The molecule has 2 aromatic carbocycles. The highest BCUT2D eigenvalue weighted by Crippen LogP contribution is 2.37. The second kappa shape index (κ2) is 9.82. The Hall–Kier alpha value is -2.43. The maximum atomic E-state index is 13.4. The summed E-state index contributed by atoms with van der Waals surface area (Å²) in [4.78, 5) is 15.2. The Bertz CT molecular complexity index is 1280. The number of amides is 1. The molecule has 33 heavy (non-hydrogen) atoms. The van der Waals surface area contributed by atoms with E-state index in [4.69, 9.17) is 34.1 Å². The summed E-state index contributed by atoms with van der Waals surface area (Å²) in [5.74, 6) is -0.611. The van der Waals surface area contributed by atoms with E-state index in [0.717, 1.165) is 16.8 Å². The first-order valence-corrected chi connectivity index (χ1v) is 12.1. The zero-order valence-corrected chi connectivity index (χ0v) is 19.2. The number of nitrogens with one attached hydrogen (secondary N) is 1. The van der Waals surface area contributed by atoms with Gasteiger partial charge in [0.05, 0.1) is 45.3 Å². The Balaban J connectivity index is 0.00000306. The highest BCUT2D eigenvalue weighted by atomic mass is 35.5. The van der Waals surface area contributed by atoms with E-state index in [0.29, 0.717) is 47.4 Å². The van der Waals surface area contributed by atoms with Crippen molar-refractivity contribution in [3.05, 3.63) is 69.3 Å². The third-order valence-corrected chi connectivity index (χ3v) is 7.29. The molecule has 4 rings (SSSR count). The van der Waals surface area contributed by atoms with Crippen molar-refractivity contribution in [3.8, 4) is 11.3 Å².